The summed E-state index contributed by atoms with van der Waals surface area (Å²) in [5, 5.41) is 11.8. The molecule has 0 atom stereocenters. The smallest absolute Gasteiger partial charge is 0.251 e. The quantitative estimate of drug-likeness (QED) is 0.883. The van der Waals surface area contributed by atoms with Crippen molar-refractivity contribution in [2.75, 3.05) is 0 Å². The first kappa shape index (κ1) is 14.5. The molecule has 1 aromatic rings. The minimum atomic E-state index is -0.0391. The van der Waals surface area contributed by atoms with Gasteiger partial charge in [-0.05, 0) is 49.8 Å². The summed E-state index contributed by atoms with van der Waals surface area (Å²) in [6.07, 6.45) is 4.17. The molecule has 20 heavy (non-hydrogen) atoms. The van der Waals surface area contributed by atoms with Crippen molar-refractivity contribution in [2.45, 2.75) is 51.1 Å². The zero-order chi connectivity index (χ0) is 14.5. The number of nitrogens with two attached hydrogens (primary N) is 1. The number of nitrogens with one attached hydrogen (secondary N) is 1. The summed E-state index contributed by atoms with van der Waals surface area (Å²) in [4.78, 5) is 12.3. The lowest BCUT2D eigenvalue weighted by Crippen LogP contribution is -2.40. The van der Waals surface area contributed by atoms with E-state index in [9.17, 15) is 4.79 Å². The van der Waals surface area contributed by atoms with Crippen molar-refractivity contribution in [3.8, 4) is 6.07 Å². The lowest BCUT2D eigenvalue weighted by atomic mass is 9.91. The van der Waals surface area contributed by atoms with E-state index in [0.29, 0.717) is 12.0 Å². The van der Waals surface area contributed by atoms with Crippen LogP contribution in [0.25, 0.3) is 0 Å². The van der Waals surface area contributed by atoms with Gasteiger partial charge in [-0.2, -0.15) is 5.26 Å². The normalized spacial score (nSPS) is 22.1. The molecule has 2 rings (SSSR count). The Kier molecular flexibility index (Phi) is 4.75. The Morgan fingerprint density at radius 1 is 1.40 bits per heavy atom. The maximum atomic E-state index is 12.3. The van der Waals surface area contributed by atoms with Crippen molar-refractivity contribution < 1.29 is 4.79 Å². The fourth-order valence-electron chi connectivity index (χ4n) is 2.64. The second kappa shape index (κ2) is 6.53. The molecular weight excluding hydrogens is 250 g/mol. The first-order valence-corrected chi connectivity index (χ1v) is 7.13. The van der Waals surface area contributed by atoms with Gasteiger partial charge in [-0.3, -0.25) is 4.79 Å². The molecule has 0 spiro atoms. The summed E-state index contributed by atoms with van der Waals surface area (Å²) in [5.41, 5.74) is 8.37. The molecule has 0 aromatic heterocycles. The van der Waals surface area contributed by atoms with Gasteiger partial charge < -0.3 is 11.1 Å². The SMILES string of the molecule is Cc1ccc(CC#N)cc1C(=O)N[C@H]1CC[C@@H](N)CC1. The van der Waals surface area contributed by atoms with Crippen molar-refractivity contribution in [3.05, 3.63) is 34.9 Å². The molecule has 0 heterocycles. The highest BCUT2D eigenvalue weighted by molar-refractivity contribution is 5.96. The van der Waals surface area contributed by atoms with Crippen molar-refractivity contribution in [1.29, 1.82) is 5.26 Å². The third kappa shape index (κ3) is 3.58. The van der Waals surface area contributed by atoms with Crippen LogP contribution in [-0.2, 0) is 6.42 Å². The molecule has 0 saturated heterocycles. The van der Waals surface area contributed by atoms with E-state index < -0.39 is 0 Å². The summed E-state index contributed by atoms with van der Waals surface area (Å²) in [7, 11) is 0. The number of benzene rings is 1. The molecule has 4 heteroatoms. The van der Waals surface area contributed by atoms with E-state index in [1.54, 1.807) is 0 Å². The van der Waals surface area contributed by atoms with Crippen LogP contribution in [0, 0.1) is 18.3 Å². The van der Waals surface area contributed by atoms with Crippen LogP contribution < -0.4 is 11.1 Å². The molecule has 0 bridgehead atoms. The molecule has 0 aliphatic heterocycles. The summed E-state index contributed by atoms with van der Waals surface area (Å²) in [6.45, 7) is 1.92. The number of rotatable bonds is 3. The Morgan fingerprint density at radius 2 is 2.10 bits per heavy atom. The fourth-order valence-corrected chi connectivity index (χ4v) is 2.64. The number of hydrogen-bond acceptors (Lipinski definition) is 3. The lowest BCUT2D eigenvalue weighted by Gasteiger charge is -2.27. The van der Waals surface area contributed by atoms with Crippen molar-refractivity contribution >= 4 is 5.91 Å². The Balaban J connectivity index is 2.05. The van der Waals surface area contributed by atoms with Crippen LogP contribution in [0.15, 0.2) is 18.2 Å². The van der Waals surface area contributed by atoms with E-state index in [4.69, 9.17) is 11.0 Å². The van der Waals surface area contributed by atoms with Crippen LogP contribution in [-0.4, -0.2) is 18.0 Å². The summed E-state index contributed by atoms with van der Waals surface area (Å²) in [6, 6.07) is 8.24. The number of nitrogens with zero attached hydrogens (tertiary/aromatic N) is 1. The van der Waals surface area contributed by atoms with E-state index in [1.165, 1.54) is 0 Å². The van der Waals surface area contributed by atoms with E-state index in [-0.39, 0.29) is 18.0 Å². The van der Waals surface area contributed by atoms with Crippen molar-refractivity contribution in [2.24, 2.45) is 5.73 Å². The fraction of sp³-hybridized carbons (Fsp3) is 0.500. The third-order valence-electron chi connectivity index (χ3n) is 3.94. The van der Waals surface area contributed by atoms with Gasteiger partial charge in [0.2, 0.25) is 0 Å². The number of carbonyl (C=O) groups is 1. The van der Waals surface area contributed by atoms with Crippen LogP contribution in [0.3, 0.4) is 0 Å². The summed E-state index contributed by atoms with van der Waals surface area (Å²) in [5.74, 6) is -0.0391. The predicted molar refractivity (Wildman–Crippen MR) is 78.2 cm³/mol. The number of hydrogen-bond donors (Lipinski definition) is 2. The highest BCUT2D eigenvalue weighted by Crippen LogP contribution is 2.18. The predicted octanol–water partition coefficient (Wildman–Crippen LogP) is 2.06. The molecule has 1 aliphatic rings. The molecule has 0 radical (unpaired) electrons. The van der Waals surface area contributed by atoms with Gasteiger partial charge in [-0.1, -0.05) is 12.1 Å². The second-order valence-electron chi connectivity index (χ2n) is 5.57. The maximum absolute atomic E-state index is 12.3. The lowest BCUT2D eigenvalue weighted by molar-refractivity contribution is 0.0925. The Labute approximate surface area is 120 Å². The van der Waals surface area contributed by atoms with Gasteiger partial charge in [0.05, 0.1) is 12.5 Å². The van der Waals surface area contributed by atoms with E-state index in [1.807, 2.05) is 25.1 Å². The molecule has 0 unspecified atom stereocenters. The Morgan fingerprint density at radius 3 is 2.75 bits per heavy atom. The zero-order valence-corrected chi connectivity index (χ0v) is 11.9. The molecular formula is C16H21N3O. The molecule has 106 valence electrons. The largest absolute Gasteiger partial charge is 0.349 e. The molecule has 1 aliphatic carbocycles. The Hall–Kier alpha value is -1.86. The Bertz CT molecular complexity index is 525. The molecule has 1 saturated carbocycles. The van der Waals surface area contributed by atoms with Gasteiger partial charge in [-0.25, -0.2) is 0 Å². The minimum Gasteiger partial charge on any atom is -0.349 e. The van der Waals surface area contributed by atoms with Gasteiger partial charge in [0.15, 0.2) is 0 Å². The monoisotopic (exact) mass is 271 g/mol. The van der Waals surface area contributed by atoms with Gasteiger partial charge in [-0.15, -0.1) is 0 Å². The molecule has 4 nitrogen and oxygen atoms in total. The molecule has 3 N–H and O–H groups in total. The van der Waals surface area contributed by atoms with Crippen LogP contribution in [0.2, 0.25) is 0 Å². The first-order valence-electron chi connectivity index (χ1n) is 7.13. The number of aryl methyl sites for hydroxylation is 1. The van der Waals surface area contributed by atoms with Gasteiger partial charge in [0.25, 0.3) is 5.91 Å². The van der Waals surface area contributed by atoms with Crippen molar-refractivity contribution in [3.63, 3.8) is 0 Å². The molecule has 1 aromatic carbocycles. The van der Waals surface area contributed by atoms with Crippen LogP contribution in [0.4, 0.5) is 0 Å². The average Bonchev–Trinajstić information content (AvgIpc) is 2.43. The van der Waals surface area contributed by atoms with Gasteiger partial charge in [0, 0.05) is 17.6 Å². The molecule has 1 amide bonds. The average molecular weight is 271 g/mol. The topological polar surface area (TPSA) is 78.9 Å². The van der Waals surface area contributed by atoms with E-state index >= 15 is 0 Å². The standard InChI is InChI=1S/C16H21N3O/c1-11-2-3-12(8-9-17)10-15(11)16(20)19-14-6-4-13(18)5-7-14/h2-3,10,13-14H,4-8,18H2,1H3,(H,19,20)/t13-,14+. The van der Waals surface area contributed by atoms with Gasteiger partial charge in [0.1, 0.15) is 0 Å². The number of nitriles is 1. The zero-order valence-electron chi connectivity index (χ0n) is 11.9. The third-order valence-corrected chi connectivity index (χ3v) is 3.94. The second-order valence-corrected chi connectivity index (χ2v) is 5.57. The van der Waals surface area contributed by atoms with Crippen LogP contribution in [0.5, 0.6) is 0 Å². The number of amides is 1. The van der Waals surface area contributed by atoms with Gasteiger partial charge >= 0.3 is 0 Å². The van der Waals surface area contributed by atoms with E-state index in [0.717, 1.165) is 36.8 Å². The number of carbonyl (C=O) groups excluding carboxylic acids is 1. The minimum absolute atomic E-state index is 0.0391. The van der Waals surface area contributed by atoms with Crippen LogP contribution >= 0.6 is 0 Å². The van der Waals surface area contributed by atoms with Crippen molar-refractivity contribution in [1.82, 2.24) is 5.32 Å². The highest BCUT2D eigenvalue weighted by Gasteiger charge is 2.21. The summed E-state index contributed by atoms with van der Waals surface area (Å²) >= 11 is 0. The summed E-state index contributed by atoms with van der Waals surface area (Å²) < 4.78 is 0. The first-order chi connectivity index (χ1) is 9.60. The maximum Gasteiger partial charge on any atom is 0.251 e. The van der Waals surface area contributed by atoms with E-state index in [2.05, 4.69) is 11.4 Å². The molecule has 1 fully saturated rings. The highest BCUT2D eigenvalue weighted by atomic mass is 16.1. The van der Waals surface area contributed by atoms with Crippen LogP contribution in [0.1, 0.15) is 47.2 Å².